The van der Waals surface area contributed by atoms with Crippen LogP contribution >= 0.6 is 0 Å². The molecule has 0 saturated carbocycles. The summed E-state index contributed by atoms with van der Waals surface area (Å²) in [5.41, 5.74) is 0.589. The van der Waals surface area contributed by atoms with Crippen molar-refractivity contribution >= 4 is 11.5 Å². The van der Waals surface area contributed by atoms with Crippen molar-refractivity contribution in [3.63, 3.8) is 0 Å². The van der Waals surface area contributed by atoms with E-state index in [-0.39, 0.29) is 18.2 Å². The Labute approximate surface area is 203 Å². The highest BCUT2D eigenvalue weighted by molar-refractivity contribution is 5.89. The van der Waals surface area contributed by atoms with Gasteiger partial charge >= 0.3 is 18.3 Å². The third-order valence-electron chi connectivity index (χ3n) is 5.90. The molecule has 190 valence electrons. The Morgan fingerprint density at radius 2 is 1.53 bits per heavy atom. The molecule has 0 radical (unpaired) electrons. The summed E-state index contributed by atoms with van der Waals surface area (Å²) >= 11 is 0. The van der Waals surface area contributed by atoms with Gasteiger partial charge in [0.05, 0.1) is 23.8 Å². The van der Waals surface area contributed by atoms with Crippen LogP contribution in [0.3, 0.4) is 0 Å². The molecule has 2 aromatic carbocycles. The molecule has 0 amide bonds. The van der Waals surface area contributed by atoms with Crippen LogP contribution < -0.4 is 0 Å². The van der Waals surface area contributed by atoms with Gasteiger partial charge in [0.25, 0.3) is 0 Å². The van der Waals surface area contributed by atoms with Gasteiger partial charge in [-0.05, 0) is 65.1 Å². The summed E-state index contributed by atoms with van der Waals surface area (Å²) in [5, 5.41) is 0. The SMILES string of the molecule is COC(=O)c1ccc(CN2C=C(c3ccn(Cc4cc(C(F)(F)F)cc(C(F)(F)F)c4)c3)CC2)cc1. The van der Waals surface area contributed by atoms with E-state index < -0.39 is 29.4 Å². The lowest BCUT2D eigenvalue weighted by molar-refractivity contribution is -0.143. The summed E-state index contributed by atoms with van der Waals surface area (Å²) in [6.07, 6.45) is -3.68. The maximum absolute atomic E-state index is 13.1. The highest BCUT2D eigenvalue weighted by Gasteiger charge is 2.36. The first-order valence-corrected chi connectivity index (χ1v) is 11.0. The number of hydrogen-bond acceptors (Lipinski definition) is 3. The zero-order valence-electron chi connectivity index (χ0n) is 19.2. The highest BCUT2D eigenvalue weighted by atomic mass is 19.4. The van der Waals surface area contributed by atoms with E-state index in [9.17, 15) is 31.1 Å². The van der Waals surface area contributed by atoms with E-state index in [0.717, 1.165) is 41.8 Å². The van der Waals surface area contributed by atoms with E-state index in [4.69, 9.17) is 4.74 Å². The molecule has 1 aromatic heterocycles. The number of halogens is 6. The molecule has 0 aliphatic carbocycles. The summed E-state index contributed by atoms with van der Waals surface area (Å²) in [4.78, 5) is 13.7. The molecule has 4 rings (SSSR count). The average Bonchev–Trinajstić information content (AvgIpc) is 3.47. The fourth-order valence-corrected chi connectivity index (χ4v) is 4.11. The molecule has 0 fully saturated rings. The van der Waals surface area contributed by atoms with Crippen molar-refractivity contribution in [2.24, 2.45) is 0 Å². The van der Waals surface area contributed by atoms with Gasteiger partial charge in [0, 0.05) is 38.2 Å². The van der Waals surface area contributed by atoms with Crippen LogP contribution in [0.2, 0.25) is 0 Å². The van der Waals surface area contributed by atoms with Crippen molar-refractivity contribution in [3.8, 4) is 0 Å². The van der Waals surface area contributed by atoms with Gasteiger partial charge in [-0.15, -0.1) is 0 Å². The van der Waals surface area contributed by atoms with Crippen LogP contribution in [-0.2, 0) is 30.2 Å². The Balaban J connectivity index is 1.47. The number of hydrogen-bond donors (Lipinski definition) is 0. The quantitative estimate of drug-likeness (QED) is 0.278. The molecular weight excluding hydrogens is 486 g/mol. The van der Waals surface area contributed by atoms with Gasteiger partial charge in [-0.2, -0.15) is 26.3 Å². The van der Waals surface area contributed by atoms with Crippen molar-refractivity contribution in [1.82, 2.24) is 9.47 Å². The van der Waals surface area contributed by atoms with Crippen molar-refractivity contribution in [2.75, 3.05) is 13.7 Å². The third kappa shape index (κ3) is 5.92. The van der Waals surface area contributed by atoms with Gasteiger partial charge in [-0.25, -0.2) is 4.79 Å². The molecule has 0 N–H and O–H groups in total. The Hall–Kier alpha value is -3.69. The Kier molecular flexibility index (Phi) is 6.88. The Morgan fingerprint density at radius 3 is 2.11 bits per heavy atom. The second kappa shape index (κ2) is 9.75. The lowest BCUT2D eigenvalue weighted by Gasteiger charge is -2.15. The zero-order chi connectivity index (χ0) is 26.1. The second-order valence-corrected chi connectivity index (χ2v) is 8.55. The average molecular weight is 508 g/mol. The predicted octanol–water partition coefficient (Wildman–Crippen LogP) is 6.61. The molecule has 0 saturated heterocycles. The number of carbonyl (C=O) groups excluding carboxylic acids is 1. The van der Waals surface area contributed by atoms with Gasteiger partial charge in [0.1, 0.15) is 0 Å². The molecule has 3 aromatic rings. The first-order valence-electron chi connectivity index (χ1n) is 11.0. The fourth-order valence-electron chi connectivity index (χ4n) is 4.11. The standard InChI is InChI=1S/C26H22F6N2O2/c1-36-24(35)19-4-2-17(3-5-19)13-33-8-6-20(15-33)21-7-9-34(16-21)14-18-10-22(25(27,28)29)12-23(11-18)26(30,31)32/h2-5,7,9-12,15-16H,6,8,13-14H2,1H3. The largest absolute Gasteiger partial charge is 0.465 e. The van der Waals surface area contributed by atoms with Crippen molar-refractivity contribution in [1.29, 1.82) is 0 Å². The van der Waals surface area contributed by atoms with Gasteiger partial charge in [0.2, 0.25) is 0 Å². The van der Waals surface area contributed by atoms with Crippen molar-refractivity contribution in [3.05, 3.63) is 101 Å². The van der Waals surface area contributed by atoms with Crippen LogP contribution in [0.1, 0.15) is 44.6 Å². The van der Waals surface area contributed by atoms with Crippen LogP contribution in [0.15, 0.2) is 67.1 Å². The number of aromatic nitrogens is 1. The molecule has 10 heteroatoms. The fraction of sp³-hybridized carbons (Fsp3) is 0.269. The molecule has 1 aliphatic rings. The number of alkyl halides is 6. The Bertz CT molecular complexity index is 1240. The minimum absolute atomic E-state index is 0.0864. The van der Waals surface area contributed by atoms with Gasteiger partial charge in [0.15, 0.2) is 0 Å². The number of esters is 1. The van der Waals surface area contributed by atoms with Gasteiger partial charge in [-0.1, -0.05) is 12.1 Å². The highest BCUT2D eigenvalue weighted by Crippen LogP contribution is 2.36. The zero-order valence-corrected chi connectivity index (χ0v) is 19.2. The van der Waals surface area contributed by atoms with Crippen LogP contribution in [-0.4, -0.2) is 29.1 Å². The molecule has 1 aliphatic heterocycles. The maximum Gasteiger partial charge on any atom is 0.416 e. The van der Waals surface area contributed by atoms with Crippen molar-refractivity contribution < 1.29 is 35.9 Å². The number of rotatable bonds is 6. The smallest absolute Gasteiger partial charge is 0.416 e. The number of ether oxygens (including phenoxy) is 1. The lowest BCUT2D eigenvalue weighted by atomic mass is 10.0. The van der Waals surface area contributed by atoms with E-state index in [1.165, 1.54) is 7.11 Å². The number of nitrogens with zero attached hydrogens (tertiary/aromatic N) is 2. The van der Waals surface area contributed by atoms with E-state index in [0.29, 0.717) is 12.1 Å². The van der Waals surface area contributed by atoms with Gasteiger partial charge in [-0.3, -0.25) is 0 Å². The van der Waals surface area contributed by atoms with Crippen LogP contribution in [0.25, 0.3) is 5.57 Å². The summed E-state index contributed by atoms with van der Waals surface area (Å²) in [5.74, 6) is -0.408. The van der Waals surface area contributed by atoms with E-state index in [1.807, 2.05) is 18.3 Å². The van der Waals surface area contributed by atoms with Crippen LogP contribution in [0.5, 0.6) is 0 Å². The number of methoxy groups -OCH3 is 1. The molecule has 0 atom stereocenters. The normalized spacial score (nSPS) is 14.2. The Morgan fingerprint density at radius 1 is 0.889 bits per heavy atom. The number of benzene rings is 2. The molecule has 2 heterocycles. The minimum atomic E-state index is -4.88. The molecular formula is C26H22F6N2O2. The molecule has 0 unspecified atom stereocenters. The lowest BCUT2D eigenvalue weighted by Crippen LogP contribution is -2.13. The summed E-state index contributed by atoms with van der Waals surface area (Å²) in [6, 6.07) is 10.5. The molecule has 0 bridgehead atoms. The van der Waals surface area contributed by atoms with Crippen LogP contribution in [0, 0.1) is 0 Å². The maximum atomic E-state index is 13.1. The van der Waals surface area contributed by atoms with Gasteiger partial charge < -0.3 is 14.2 Å². The number of carbonyl (C=O) groups is 1. The summed E-state index contributed by atoms with van der Waals surface area (Å²) < 4.78 is 85.1. The molecule has 36 heavy (non-hydrogen) atoms. The van der Waals surface area contributed by atoms with E-state index >= 15 is 0 Å². The predicted molar refractivity (Wildman–Crippen MR) is 121 cm³/mol. The van der Waals surface area contributed by atoms with E-state index in [1.54, 1.807) is 35.2 Å². The summed E-state index contributed by atoms with van der Waals surface area (Å²) in [7, 11) is 1.32. The van der Waals surface area contributed by atoms with Crippen molar-refractivity contribution in [2.45, 2.75) is 31.9 Å². The topological polar surface area (TPSA) is 34.5 Å². The summed E-state index contributed by atoms with van der Waals surface area (Å²) in [6.45, 7) is 1.24. The molecule has 4 nitrogen and oxygen atoms in total. The monoisotopic (exact) mass is 508 g/mol. The van der Waals surface area contributed by atoms with E-state index in [2.05, 4.69) is 4.90 Å². The second-order valence-electron chi connectivity index (χ2n) is 8.55. The van der Waals surface area contributed by atoms with Crippen LogP contribution in [0.4, 0.5) is 26.3 Å². The minimum Gasteiger partial charge on any atom is -0.465 e. The molecule has 0 spiro atoms. The first kappa shape index (κ1) is 25.4. The first-order chi connectivity index (χ1) is 16.9. The third-order valence-corrected chi connectivity index (χ3v) is 5.90.